The first-order chi connectivity index (χ1) is 17.1. The molecule has 0 aromatic heterocycles. The van der Waals surface area contributed by atoms with Gasteiger partial charge in [0.05, 0.1) is 25.3 Å². The zero-order chi connectivity index (χ0) is 24.6. The number of methoxy groups -OCH3 is 2. The summed E-state index contributed by atoms with van der Waals surface area (Å²) in [6.07, 6.45) is 3.71. The van der Waals surface area contributed by atoms with Gasteiger partial charge in [-0.3, -0.25) is 14.5 Å². The average molecular weight is 509 g/mol. The van der Waals surface area contributed by atoms with Crippen molar-refractivity contribution >= 4 is 25.0 Å². The molecule has 0 unspecified atom stereocenters. The van der Waals surface area contributed by atoms with Crippen molar-refractivity contribution in [2.45, 2.75) is 32.5 Å². The van der Waals surface area contributed by atoms with Crippen LogP contribution in [0.4, 0.5) is 0 Å². The fraction of sp³-hybridized carbons (Fsp3) is 0.310. The maximum atomic E-state index is 11.2. The third-order valence-corrected chi connectivity index (χ3v) is 6.58. The Balaban J connectivity index is 0.000000210. The molecular weight excluding hydrogens is 476 g/mol. The Morgan fingerprint density at radius 3 is 2.06 bits per heavy atom. The normalized spacial score (nSPS) is 14.2. The first-order valence-corrected chi connectivity index (χ1v) is 11.9. The largest absolute Gasteiger partial charge is 0.496 e. The van der Waals surface area contributed by atoms with Crippen molar-refractivity contribution in [1.82, 2.24) is 10.2 Å². The Bertz CT molecular complexity index is 1180. The Hall–Kier alpha value is -3.19. The van der Waals surface area contributed by atoms with Crippen LogP contribution in [0.3, 0.4) is 0 Å². The van der Waals surface area contributed by atoms with Crippen LogP contribution in [0.15, 0.2) is 54.6 Å². The number of carbonyl (C=O) groups excluding carboxylic acids is 2. The van der Waals surface area contributed by atoms with E-state index in [1.165, 1.54) is 27.8 Å². The monoisotopic (exact) mass is 508 g/mol. The Kier molecular flexibility index (Phi) is 10.1. The summed E-state index contributed by atoms with van der Waals surface area (Å²) in [5, 5.41) is 3.27. The SMILES string of the molecule is COc1cc2c(cc1C=O)CN(Cc1ccccc1)CC2.COc1cc2c(cc1C=O)CNCC2.Cl. The summed E-state index contributed by atoms with van der Waals surface area (Å²) >= 11 is 0. The van der Waals surface area contributed by atoms with Gasteiger partial charge < -0.3 is 14.8 Å². The Morgan fingerprint density at radius 2 is 1.44 bits per heavy atom. The molecule has 0 aliphatic carbocycles. The standard InChI is InChI=1S/C18H19NO2.C11H13NO2.ClH/c1-21-18-10-15-7-8-19(11-14-5-3-2-4-6-14)12-16(15)9-17(18)13-20;1-14-11-5-8-2-3-12-6-9(8)4-10(11)7-13;/h2-6,9-10,13H,7-8,11-12H2,1H3;4-5,7,12H,2-3,6H2,1H3;1H. The number of rotatable bonds is 6. The van der Waals surface area contributed by atoms with Gasteiger partial charge in [0.15, 0.2) is 12.6 Å². The molecule has 190 valence electrons. The second kappa shape index (κ2) is 13.2. The molecule has 0 bridgehead atoms. The number of fused-ring (bicyclic) bond motifs is 2. The van der Waals surface area contributed by atoms with Crippen LogP contribution in [0, 0.1) is 0 Å². The minimum absolute atomic E-state index is 0. The van der Waals surface area contributed by atoms with E-state index in [1.807, 2.05) is 30.3 Å². The molecule has 2 heterocycles. The molecule has 36 heavy (non-hydrogen) atoms. The topological polar surface area (TPSA) is 67.9 Å². The van der Waals surface area contributed by atoms with Crippen molar-refractivity contribution in [3.63, 3.8) is 0 Å². The van der Waals surface area contributed by atoms with E-state index in [1.54, 1.807) is 14.2 Å². The van der Waals surface area contributed by atoms with Crippen LogP contribution >= 0.6 is 12.4 Å². The van der Waals surface area contributed by atoms with Crippen LogP contribution in [-0.2, 0) is 32.5 Å². The Labute approximate surface area is 219 Å². The van der Waals surface area contributed by atoms with Gasteiger partial charge in [0.2, 0.25) is 0 Å². The highest BCUT2D eigenvalue weighted by Crippen LogP contribution is 2.28. The predicted molar refractivity (Wildman–Crippen MR) is 144 cm³/mol. The predicted octanol–water partition coefficient (Wildman–Crippen LogP) is 4.64. The lowest BCUT2D eigenvalue weighted by Gasteiger charge is -2.29. The molecular formula is C29H33ClN2O4. The van der Waals surface area contributed by atoms with E-state index >= 15 is 0 Å². The van der Waals surface area contributed by atoms with E-state index in [0.29, 0.717) is 22.6 Å². The van der Waals surface area contributed by atoms with Crippen molar-refractivity contribution in [1.29, 1.82) is 0 Å². The minimum Gasteiger partial charge on any atom is -0.496 e. The van der Waals surface area contributed by atoms with E-state index < -0.39 is 0 Å². The van der Waals surface area contributed by atoms with Crippen molar-refractivity contribution in [3.8, 4) is 11.5 Å². The van der Waals surface area contributed by atoms with Crippen molar-refractivity contribution in [2.75, 3.05) is 27.3 Å². The van der Waals surface area contributed by atoms with Gasteiger partial charge in [-0.15, -0.1) is 12.4 Å². The first kappa shape index (κ1) is 27.4. The molecule has 1 N–H and O–H groups in total. The third-order valence-electron chi connectivity index (χ3n) is 6.58. The fourth-order valence-corrected chi connectivity index (χ4v) is 4.71. The molecule has 0 atom stereocenters. The Morgan fingerprint density at radius 1 is 0.833 bits per heavy atom. The lowest BCUT2D eigenvalue weighted by Crippen LogP contribution is -2.30. The molecule has 0 spiro atoms. The number of aldehydes is 2. The molecule has 0 radical (unpaired) electrons. The van der Waals surface area contributed by atoms with Crippen LogP contribution in [0.25, 0.3) is 0 Å². The van der Waals surface area contributed by atoms with Gasteiger partial charge in [0.25, 0.3) is 0 Å². The fourth-order valence-electron chi connectivity index (χ4n) is 4.71. The lowest BCUT2D eigenvalue weighted by molar-refractivity contribution is 0.111. The number of benzene rings is 3. The molecule has 0 saturated carbocycles. The molecule has 3 aromatic rings. The highest BCUT2D eigenvalue weighted by atomic mass is 35.5. The summed E-state index contributed by atoms with van der Waals surface area (Å²) < 4.78 is 10.4. The van der Waals surface area contributed by atoms with Crippen LogP contribution in [0.2, 0.25) is 0 Å². The summed E-state index contributed by atoms with van der Waals surface area (Å²) in [7, 11) is 3.20. The van der Waals surface area contributed by atoms with Crippen molar-refractivity contribution in [2.24, 2.45) is 0 Å². The van der Waals surface area contributed by atoms with E-state index in [-0.39, 0.29) is 12.4 Å². The number of carbonyl (C=O) groups is 2. The summed E-state index contributed by atoms with van der Waals surface area (Å²) in [4.78, 5) is 24.3. The molecule has 0 saturated heterocycles. The quantitative estimate of drug-likeness (QED) is 0.489. The molecule has 6 nitrogen and oxygen atoms in total. The summed E-state index contributed by atoms with van der Waals surface area (Å²) in [5.41, 5.74) is 7.62. The maximum Gasteiger partial charge on any atom is 0.153 e. The number of nitrogens with zero attached hydrogens (tertiary/aromatic N) is 1. The van der Waals surface area contributed by atoms with Crippen molar-refractivity contribution in [3.05, 3.63) is 93.5 Å². The van der Waals surface area contributed by atoms with Crippen LogP contribution < -0.4 is 14.8 Å². The van der Waals surface area contributed by atoms with Gasteiger partial charge in [-0.25, -0.2) is 0 Å². The second-order valence-electron chi connectivity index (χ2n) is 8.83. The van der Waals surface area contributed by atoms with E-state index in [0.717, 1.165) is 58.1 Å². The number of hydrogen-bond donors (Lipinski definition) is 1. The summed E-state index contributed by atoms with van der Waals surface area (Å²) in [6.45, 7) is 4.71. The zero-order valence-electron chi connectivity index (χ0n) is 20.8. The van der Waals surface area contributed by atoms with Gasteiger partial charge >= 0.3 is 0 Å². The molecule has 0 fully saturated rings. The summed E-state index contributed by atoms with van der Waals surface area (Å²) in [5.74, 6) is 1.36. The van der Waals surface area contributed by atoms with Gasteiger partial charge in [0, 0.05) is 26.2 Å². The van der Waals surface area contributed by atoms with E-state index in [4.69, 9.17) is 9.47 Å². The average Bonchev–Trinajstić information content (AvgIpc) is 2.92. The number of halogens is 1. The molecule has 0 amide bonds. The number of nitrogens with one attached hydrogen (secondary N) is 1. The minimum atomic E-state index is 0. The van der Waals surface area contributed by atoms with Crippen LogP contribution in [0.1, 0.15) is 48.5 Å². The summed E-state index contributed by atoms with van der Waals surface area (Å²) in [6, 6.07) is 18.4. The molecule has 2 aliphatic heterocycles. The number of ether oxygens (including phenoxy) is 2. The van der Waals surface area contributed by atoms with Crippen LogP contribution in [0.5, 0.6) is 11.5 Å². The second-order valence-corrected chi connectivity index (χ2v) is 8.83. The lowest BCUT2D eigenvalue weighted by atomic mass is 9.96. The smallest absolute Gasteiger partial charge is 0.153 e. The highest BCUT2D eigenvalue weighted by molar-refractivity contribution is 5.85. The van der Waals surface area contributed by atoms with Gasteiger partial charge in [-0.05, 0) is 71.5 Å². The van der Waals surface area contributed by atoms with E-state index in [2.05, 4.69) is 34.5 Å². The van der Waals surface area contributed by atoms with E-state index in [9.17, 15) is 9.59 Å². The molecule has 2 aliphatic rings. The van der Waals surface area contributed by atoms with Crippen LogP contribution in [-0.4, -0.2) is 44.8 Å². The van der Waals surface area contributed by atoms with Crippen molar-refractivity contribution < 1.29 is 19.1 Å². The molecule has 3 aromatic carbocycles. The first-order valence-electron chi connectivity index (χ1n) is 11.9. The number of hydrogen-bond acceptors (Lipinski definition) is 6. The zero-order valence-corrected chi connectivity index (χ0v) is 21.6. The molecule has 5 rings (SSSR count). The molecule has 7 heteroatoms. The maximum absolute atomic E-state index is 11.2. The van der Waals surface area contributed by atoms with Gasteiger partial charge in [-0.1, -0.05) is 30.3 Å². The third kappa shape index (κ3) is 6.52. The highest BCUT2D eigenvalue weighted by Gasteiger charge is 2.19. The van der Waals surface area contributed by atoms with Gasteiger partial charge in [0.1, 0.15) is 11.5 Å². The van der Waals surface area contributed by atoms with Gasteiger partial charge in [-0.2, -0.15) is 0 Å².